The van der Waals surface area contributed by atoms with Crippen LogP contribution in [0.4, 0.5) is 9.52 Å². The Labute approximate surface area is 139 Å². The molecule has 1 unspecified atom stereocenters. The largest absolute Gasteiger partial charge is 0.302 e. The minimum atomic E-state index is -0.179. The molecule has 2 heterocycles. The molecule has 0 bridgehead atoms. The van der Waals surface area contributed by atoms with Crippen molar-refractivity contribution >= 4 is 22.4 Å². The standard InChI is InChI=1S/C17H20FN3OS/c1-12(22)20-17-19-9-16(23-17)11-21-7-6-14(10-21)8-13-2-4-15(18)5-3-13/h2-5,9,14H,6-8,10-11H2,1H3,(H,19,20,22). The number of anilines is 1. The number of nitrogens with zero attached hydrogens (tertiary/aromatic N) is 2. The first-order chi connectivity index (χ1) is 11.1. The van der Waals surface area contributed by atoms with Crippen LogP contribution in [0.2, 0.25) is 0 Å². The van der Waals surface area contributed by atoms with Gasteiger partial charge < -0.3 is 5.32 Å². The number of thiazole rings is 1. The van der Waals surface area contributed by atoms with Crippen LogP contribution in [0.15, 0.2) is 30.5 Å². The summed E-state index contributed by atoms with van der Waals surface area (Å²) in [5.41, 5.74) is 1.20. The van der Waals surface area contributed by atoms with E-state index >= 15 is 0 Å². The maximum atomic E-state index is 12.9. The lowest BCUT2D eigenvalue weighted by Crippen LogP contribution is -2.20. The number of rotatable bonds is 5. The molecule has 1 aliphatic rings. The van der Waals surface area contributed by atoms with Crippen molar-refractivity contribution in [3.05, 3.63) is 46.7 Å². The maximum Gasteiger partial charge on any atom is 0.223 e. The van der Waals surface area contributed by atoms with Crippen LogP contribution in [0.5, 0.6) is 0 Å². The Morgan fingerprint density at radius 2 is 2.22 bits per heavy atom. The highest BCUT2D eigenvalue weighted by Crippen LogP contribution is 2.25. The van der Waals surface area contributed by atoms with E-state index in [1.54, 1.807) is 0 Å². The smallest absolute Gasteiger partial charge is 0.223 e. The lowest BCUT2D eigenvalue weighted by molar-refractivity contribution is -0.114. The van der Waals surface area contributed by atoms with Gasteiger partial charge in [-0.15, -0.1) is 11.3 Å². The van der Waals surface area contributed by atoms with Gasteiger partial charge in [0, 0.05) is 31.1 Å². The summed E-state index contributed by atoms with van der Waals surface area (Å²) < 4.78 is 12.9. The second-order valence-electron chi connectivity index (χ2n) is 6.03. The number of carbonyl (C=O) groups excluding carboxylic acids is 1. The molecule has 1 saturated heterocycles. The fourth-order valence-electron chi connectivity index (χ4n) is 2.99. The number of aromatic nitrogens is 1. The summed E-state index contributed by atoms with van der Waals surface area (Å²) in [7, 11) is 0. The van der Waals surface area contributed by atoms with Crippen molar-refractivity contribution in [1.82, 2.24) is 9.88 Å². The Morgan fingerprint density at radius 3 is 2.96 bits per heavy atom. The van der Waals surface area contributed by atoms with Gasteiger partial charge in [-0.25, -0.2) is 9.37 Å². The minimum absolute atomic E-state index is 0.0913. The summed E-state index contributed by atoms with van der Waals surface area (Å²) in [6.07, 6.45) is 3.99. The van der Waals surface area contributed by atoms with Crippen LogP contribution in [0.1, 0.15) is 23.8 Å². The third-order valence-corrected chi connectivity index (χ3v) is 4.92. The summed E-state index contributed by atoms with van der Waals surface area (Å²) in [5.74, 6) is 0.344. The van der Waals surface area contributed by atoms with E-state index in [0.717, 1.165) is 37.4 Å². The molecule has 0 saturated carbocycles. The molecule has 0 aliphatic carbocycles. The van der Waals surface area contributed by atoms with Crippen molar-refractivity contribution in [3.63, 3.8) is 0 Å². The SMILES string of the molecule is CC(=O)Nc1ncc(CN2CCC(Cc3ccc(F)cc3)C2)s1. The second kappa shape index (κ2) is 7.19. The third-order valence-electron chi connectivity index (χ3n) is 4.02. The van der Waals surface area contributed by atoms with E-state index in [0.29, 0.717) is 11.0 Å². The number of likely N-dealkylation sites (tertiary alicyclic amines) is 1. The van der Waals surface area contributed by atoms with Gasteiger partial charge in [0.25, 0.3) is 0 Å². The molecule has 1 atom stereocenters. The molecule has 23 heavy (non-hydrogen) atoms. The first kappa shape index (κ1) is 16.1. The van der Waals surface area contributed by atoms with Crippen LogP contribution in [0.25, 0.3) is 0 Å². The van der Waals surface area contributed by atoms with Crippen molar-refractivity contribution in [2.24, 2.45) is 5.92 Å². The topological polar surface area (TPSA) is 45.2 Å². The second-order valence-corrected chi connectivity index (χ2v) is 7.15. The Morgan fingerprint density at radius 1 is 1.43 bits per heavy atom. The first-order valence-corrected chi connectivity index (χ1v) is 8.59. The number of carbonyl (C=O) groups is 1. The van der Waals surface area contributed by atoms with Gasteiger partial charge in [-0.3, -0.25) is 9.69 Å². The summed E-state index contributed by atoms with van der Waals surface area (Å²) in [4.78, 5) is 18.8. The molecule has 1 aromatic heterocycles. The number of hydrogen-bond donors (Lipinski definition) is 1. The summed E-state index contributed by atoms with van der Waals surface area (Å²) in [5, 5.41) is 3.38. The van der Waals surface area contributed by atoms with Crippen LogP contribution in [-0.4, -0.2) is 28.9 Å². The molecule has 4 nitrogen and oxygen atoms in total. The molecule has 1 amide bonds. The van der Waals surface area contributed by atoms with Crippen LogP contribution in [-0.2, 0) is 17.8 Å². The normalized spacial score (nSPS) is 18.3. The van der Waals surface area contributed by atoms with Gasteiger partial charge in [0.2, 0.25) is 5.91 Å². The average Bonchev–Trinajstić information content (AvgIpc) is 3.11. The van der Waals surface area contributed by atoms with Gasteiger partial charge in [-0.2, -0.15) is 0 Å². The zero-order chi connectivity index (χ0) is 16.2. The van der Waals surface area contributed by atoms with Crippen LogP contribution < -0.4 is 5.32 Å². The summed E-state index contributed by atoms with van der Waals surface area (Å²) in [6, 6.07) is 6.81. The van der Waals surface area contributed by atoms with Crippen molar-refractivity contribution in [2.75, 3.05) is 18.4 Å². The van der Waals surface area contributed by atoms with Crippen LogP contribution in [0.3, 0.4) is 0 Å². The van der Waals surface area contributed by atoms with Crippen molar-refractivity contribution in [2.45, 2.75) is 26.3 Å². The highest BCUT2D eigenvalue weighted by molar-refractivity contribution is 7.15. The van der Waals surface area contributed by atoms with Gasteiger partial charge in [0.05, 0.1) is 0 Å². The highest BCUT2D eigenvalue weighted by Gasteiger charge is 2.23. The molecule has 1 aromatic carbocycles. The molecular formula is C17H20FN3OS. The van der Waals surface area contributed by atoms with Gasteiger partial charge in [0.15, 0.2) is 5.13 Å². The monoisotopic (exact) mass is 333 g/mol. The van der Waals surface area contributed by atoms with Crippen LogP contribution >= 0.6 is 11.3 Å². The van der Waals surface area contributed by atoms with Crippen molar-refractivity contribution in [3.8, 4) is 0 Å². The van der Waals surface area contributed by atoms with E-state index < -0.39 is 0 Å². The number of hydrogen-bond acceptors (Lipinski definition) is 4. The molecule has 2 aromatic rings. The molecule has 3 rings (SSSR count). The highest BCUT2D eigenvalue weighted by atomic mass is 32.1. The molecule has 122 valence electrons. The Balaban J connectivity index is 1.50. The predicted molar refractivity (Wildman–Crippen MR) is 89.9 cm³/mol. The molecule has 0 radical (unpaired) electrons. The molecule has 0 spiro atoms. The van der Waals surface area contributed by atoms with Crippen molar-refractivity contribution in [1.29, 1.82) is 0 Å². The van der Waals surface area contributed by atoms with Gasteiger partial charge in [-0.1, -0.05) is 12.1 Å². The number of halogens is 1. The zero-order valence-electron chi connectivity index (χ0n) is 13.1. The number of benzene rings is 1. The van der Waals surface area contributed by atoms with Gasteiger partial charge in [-0.05, 0) is 43.0 Å². The summed E-state index contributed by atoms with van der Waals surface area (Å²) >= 11 is 1.53. The number of nitrogens with one attached hydrogen (secondary N) is 1. The Hall–Kier alpha value is -1.79. The lowest BCUT2D eigenvalue weighted by atomic mass is 9.99. The maximum absolute atomic E-state index is 12.9. The van der Waals surface area contributed by atoms with E-state index in [1.165, 1.54) is 36.0 Å². The fourth-order valence-corrected chi connectivity index (χ4v) is 3.89. The van der Waals surface area contributed by atoms with E-state index in [4.69, 9.17) is 0 Å². The van der Waals surface area contributed by atoms with E-state index in [-0.39, 0.29) is 11.7 Å². The predicted octanol–water partition coefficient (Wildman–Crippen LogP) is 3.31. The average molecular weight is 333 g/mol. The third kappa shape index (κ3) is 4.59. The Kier molecular flexibility index (Phi) is 5.03. The van der Waals surface area contributed by atoms with E-state index in [9.17, 15) is 9.18 Å². The van der Waals surface area contributed by atoms with Gasteiger partial charge in [0.1, 0.15) is 5.82 Å². The minimum Gasteiger partial charge on any atom is -0.302 e. The zero-order valence-corrected chi connectivity index (χ0v) is 13.9. The molecule has 6 heteroatoms. The lowest BCUT2D eigenvalue weighted by Gasteiger charge is -2.14. The molecule has 1 N–H and O–H groups in total. The molecule has 1 aliphatic heterocycles. The summed E-state index contributed by atoms with van der Waals surface area (Å²) in [6.45, 7) is 4.47. The first-order valence-electron chi connectivity index (χ1n) is 7.77. The quantitative estimate of drug-likeness (QED) is 0.913. The number of amides is 1. The molecule has 1 fully saturated rings. The Bertz CT molecular complexity index is 671. The van der Waals surface area contributed by atoms with Gasteiger partial charge >= 0.3 is 0 Å². The fraction of sp³-hybridized carbons (Fsp3) is 0.412. The van der Waals surface area contributed by atoms with Crippen LogP contribution in [0, 0.1) is 11.7 Å². The van der Waals surface area contributed by atoms with E-state index in [2.05, 4.69) is 15.2 Å². The van der Waals surface area contributed by atoms with E-state index in [1.807, 2.05) is 18.3 Å². The molecular weight excluding hydrogens is 313 g/mol. The van der Waals surface area contributed by atoms with Crippen molar-refractivity contribution < 1.29 is 9.18 Å².